The van der Waals surface area contributed by atoms with Gasteiger partial charge in [-0.05, 0) is 56.3 Å². The maximum atomic E-state index is 5.64. The number of anilines is 4. The number of nitrogens with one attached hydrogen (secondary N) is 2. The topological polar surface area (TPSA) is 59.1 Å². The van der Waals surface area contributed by atoms with Crippen molar-refractivity contribution in [2.75, 3.05) is 10.6 Å². The summed E-state index contributed by atoms with van der Waals surface area (Å²) in [6.07, 6.45) is 1.88. The first-order valence-electron chi connectivity index (χ1n) is 7.88. The van der Waals surface area contributed by atoms with Crippen LogP contribution in [0.25, 0.3) is 0 Å². The molecule has 0 unspecified atom stereocenters. The number of rotatable bonds is 6. The highest BCUT2D eigenvalue weighted by molar-refractivity contribution is 5.59. The zero-order valence-electron chi connectivity index (χ0n) is 13.7. The molecule has 0 bridgehead atoms. The molecule has 0 aliphatic carbocycles. The largest absolute Gasteiger partial charge is 0.491 e. The molecule has 0 aliphatic heterocycles. The lowest BCUT2D eigenvalue weighted by atomic mass is 10.3. The number of hydrogen-bond donors (Lipinski definition) is 2. The maximum absolute atomic E-state index is 5.64. The van der Waals surface area contributed by atoms with E-state index in [1.807, 2.05) is 74.5 Å². The van der Waals surface area contributed by atoms with Crippen molar-refractivity contribution in [1.82, 2.24) is 9.97 Å². The molecular weight excluding hydrogens is 300 g/mol. The zero-order chi connectivity index (χ0) is 16.8. The third-order valence-electron chi connectivity index (χ3n) is 3.18. The summed E-state index contributed by atoms with van der Waals surface area (Å²) in [4.78, 5) is 8.71. The fourth-order valence-corrected chi connectivity index (χ4v) is 2.18. The molecule has 1 heterocycles. The van der Waals surface area contributed by atoms with Crippen molar-refractivity contribution in [1.29, 1.82) is 0 Å². The molecule has 1 aromatic heterocycles. The molecule has 5 nitrogen and oxygen atoms in total. The predicted octanol–water partition coefficient (Wildman–Crippen LogP) is 4.75. The minimum absolute atomic E-state index is 0.164. The number of benzene rings is 2. The first-order valence-corrected chi connectivity index (χ1v) is 7.88. The average molecular weight is 320 g/mol. The van der Waals surface area contributed by atoms with E-state index in [9.17, 15) is 0 Å². The number of para-hydroxylation sites is 1. The van der Waals surface area contributed by atoms with Gasteiger partial charge in [0.15, 0.2) is 0 Å². The highest BCUT2D eigenvalue weighted by atomic mass is 16.5. The van der Waals surface area contributed by atoms with E-state index in [0.29, 0.717) is 5.95 Å². The molecule has 0 saturated carbocycles. The fourth-order valence-electron chi connectivity index (χ4n) is 2.18. The van der Waals surface area contributed by atoms with Gasteiger partial charge in [-0.15, -0.1) is 0 Å². The summed E-state index contributed by atoms with van der Waals surface area (Å²) in [5.41, 5.74) is 1.89. The van der Waals surface area contributed by atoms with E-state index in [0.717, 1.165) is 22.9 Å². The lowest BCUT2D eigenvalue weighted by Gasteiger charge is -2.11. The van der Waals surface area contributed by atoms with E-state index in [1.165, 1.54) is 0 Å². The van der Waals surface area contributed by atoms with E-state index in [1.54, 1.807) is 6.20 Å². The molecule has 24 heavy (non-hydrogen) atoms. The highest BCUT2D eigenvalue weighted by Crippen LogP contribution is 2.20. The van der Waals surface area contributed by atoms with Crippen LogP contribution in [0.2, 0.25) is 0 Å². The molecule has 0 spiro atoms. The number of aromatic nitrogens is 2. The average Bonchev–Trinajstić information content (AvgIpc) is 2.57. The van der Waals surface area contributed by atoms with E-state index < -0.39 is 0 Å². The van der Waals surface area contributed by atoms with Crippen LogP contribution in [0, 0.1) is 0 Å². The summed E-state index contributed by atoms with van der Waals surface area (Å²) < 4.78 is 5.64. The van der Waals surface area contributed by atoms with Crippen LogP contribution in [0.1, 0.15) is 13.8 Å². The quantitative estimate of drug-likeness (QED) is 0.686. The van der Waals surface area contributed by atoms with E-state index in [4.69, 9.17) is 4.74 Å². The smallest absolute Gasteiger partial charge is 0.229 e. The molecular formula is C19H20N4O. The summed E-state index contributed by atoms with van der Waals surface area (Å²) in [5.74, 6) is 2.12. The molecule has 2 aromatic carbocycles. The molecule has 2 N–H and O–H groups in total. The minimum atomic E-state index is 0.164. The monoisotopic (exact) mass is 320 g/mol. The second kappa shape index (κ2) is 7.46. The summed E-state index contributed by atoms with van der Waals surface area (Å²) in [5, 5.41) is 6.44. The molecule has 0 aliphatic rings. The summed E-state index contributed by atoms with van der Waals surface area (Å²) >= 11 is 0. The molecule has 0 atom stereocenters. The number of nitrogens with zero attached hydrogens (tertiary/aromatic N) is 2. The SMILES string of the molecule is CC(C)Oc1ccc(Nc2ccnc(Nc3ccccc3)n2)cc1. The predicted molar refractivity (Wildman–Crippen MR) is 97.2 cm³/mol. The van der Waals surface area contributed by atoms with E-state index >= 15 is 0 Å². The third kappa shape index (κ3) is 4.46. The van der Waals surface area contributed by atoms with Crippen LogP contribution < -0.4 is 15.4 Å². The summed E-state index contributed by atoms with van der Waals surface area (Å²) in [6, 6.07) is 19.5. The van der Waals surface area contributed by atoms with Crippen molar-refractivity contribution in [2.24, 2.45) is 0 Å². The molecule has 0 fully saturated rings. The van der Waals surface area contributed by atoms with Gasteiger partial charge in [-0.1, -0.05) is 18.2 Å². The molecule has 3 rings (SSSR count). The second-order valence-corrected chi connectivity index (χ2v) is 5.57. The number of ether oxygens (including phenoxy) is 1. The van der Waals surface area contributed by atoms with Gasteiger partial charge >= 0.3 is 0 Å². The fraction of sp³-hybridized carbons (Fsp3) is 0.158. The van der Waals surface area contributed by atoms with Gasteiger partial charge in [0.25, 0.3) is 0 Å². The van der Waals surface area contributed by atoms with Crippen LogP contribution >= 0.6 is 0 Å². The van der Waals surface area contributed by atoms with Gasteiger partial charge in [0, 0.05) is 17.6 Å². The second-order valence-electron chi connectivity index (χ2n) is 5.57. The van der Waals surface area contributed by atoms with Crippen LogP contribution in [0.4, 0.5) is 23.1 Å². The number of hydrogen-bond acceptors (Lipinski definition) is 5. The van der Waals surface area contributed by atoms with Crippen molar-refractivity contribution in [3.8, 4) is 5.75 Å². The molecule has 5 heteroatoms. The van der Waals surface area contributed by atoms with E-state index in [-0.39, 0.29) is 6.10 Å². The van der Waals surface area contributed by atoms with Crippen LogP contribution in [0.15, 0.2) is 66.9 Å². The molecule has 122 valence electrons. The van der Waals surface area contributed by atoms with Gasteiger partial charge in [-0.25, -0.2) is 4.98 Å². The maximum Gasteiger partial charge on any atom is 0.229 e. The van der Waals surface area contributed by atoms with Crippen LogP contribution in [0.5, 0.6) is 5.75 Å². The standard InChI is InChI=1S/C19H20N4O/c1-14(2)24-17-10-8-16(9-11-17)21-18-12-13-20-19(23-18)22-15-6-4-3-5-7-15/h3-14H,1-2H3,(H2,20,21,22,23). The van der Waals surface area contributed by atoms with Gasteiger partial charge in [-0.2, -0.15) is 4.98 Å². The van der Waals surface area contributed by atoms with Gasteiger partial charge in [0.05, 0.1) is 6.10 Å². The summed E-state index contributed by atoms with van der Waals surface area (Å²) in [6.45, 7) is 4.02. The van der Waals surface area contributed by atoms with Crippen molar-refractivity contribution in [3.05, 3.63) is 66.9 Å². The Kier molecular flexibility index (Phi) is 4.91. The minimum Gasteiger partial charge on any atom is -0.491 e. The van der Waals surface area contributed by atoms with Crippen LogP contribution in [0.3, 0.4) is 0 Å². The lowest BCUT2D eigenvalue weighted by Crippen LogP contribution is -2.05. The van der Waals surface area contributed by atoms with Crippen molar-refractivity contribution in [3.63, 3.8) is 0 Å². The third-order valence-corrected chi connectivity index (χ3v) is 3.18. The normalized spacial score (nSPS) is 10.5. The van der Waals surface area contributed by atoms with Gasteiger partial charge < -0.3 is 15.4 Å². The molecule has 3 aromatic rings. The highest BCUT2D eigenvalue weighted by Gasteiger charge is 2.02. The van der Waals surface area contributed by atoms with Crippen molar-refractivity contribution in [2.45, 2.75) is 20.0 Å². The Labute approximate surface area is 141 Å². The van der Waals surface area contributed by atoms with Crippen LogP contribution in [-0.4, -0.2) is 16.1 Å². The Hall–Kier alpha value is -3.08. The first kappa shape index (κ1) is 15.8. The molecule has 0 amide bonds. The Morgan fingerprint density at radius 3 is 2.25 bits per heavy atom. The van der Waals surface area contributed by atoms with Crippen molar-refractivity contribution >= 4 is 23.1 Å². The molecule has 0 saturated heterocycles. The Morgan fingerprint density at radius 1 is 0.833 bits per heavy atom. The summed E-state index contributed by atoms with van der Waals surface area (Å²) in [7, 11) is 0. The Balaban J connectivity index is 1.68. The Morgan fingerprint density at radius 2 is 1.54 bits per heavy atom. The Bertz CT molecular complexity index is 773. The van der Waals surface area contributed by atoms with E-state index in [2.05, 4.69) is 20.6 Å². The van der Waals surface area contributed by atoms with Gasteiger partial charge in [0.2, 0.25) is 5.95 Å². The van der Waals surface area contributed by atoms with Crippen molar-refractivity contribution < 1.29 is 4.74 Å². The zero-order valence-corrected chi connectivity index (χ0v) is 13.7. The lowest BCUT2D eigenvalue weighted by molar-refractivity contribution is 0.242. The first-order chi connectivity index (χ1) is 11.7. The van der Waals surface area contributed by atoms with Crippen LogP contribution in [-0.2, 0) is 0 Å². The van der Waals surface area contributed by atoms with Gasteiger partial charge in [0.1, 0.15) is 11.6 Å². The molecule has 0 radical (unpaired) electrons. The van der Waals surface area contributed by atoms with Gasteiger partial charge in [-0.3, -0.25) is 0 Å².